The lowest BCUT2D eigenvalue weighted by atomic mass is 10.1. The van der Waals surface area contributed by atoms with Crippen LogP contribution in [0.3, 0.4) is 0 Å². The number of amides is 1. The molecule has 1 aromatic carbocycles. The van der Waals surface area contributed by atoms with Gasteiger partial charge in [0.05, 0.1) is 6.04 Å². The predicted octanol–water partition coefficient (Wildman–Crippen LogP) is -0.116. The molecule has 33 heavy (non-hydrogen) atoms. The summed E-state index contributed by atoms with van der Waals surface area (Å²) < 4.78 is 0. The zero-order valence-corrected chi connectivity index (χ0v) is 17.3. The fourth-order valence-electron chi connectivity index (χ4n) is 3.11. The maximum Gasteiger partial charge on any atom is 0.331 e. The molecular formula is C20H23N7O6. The zero-order chi connectivity index (χ0) is 24.1. The van der Waals surface area contributed by atoms with Crippen LogP contribution in [0.5, 0.6) is 0 Å². The molecular weight excluding hydrogens is 434 g/mol. The molecule has 2 unspecified atom stereocenters. The quantitative estimate of drug-likeness (QED) is 0.233. The lowest BCUT2D eigenvalue weighted by molar-refractivity contribution is -0.139. The molecule has 0 radical (unpaired) electrons. The number of fused-ring (bicyclic) bond motifs is 1. The molecule has 0 bridgehead atoms. The molecule has 13 nitrogen and oxygen atoms in total. The second-order valence-corrected chi connectivity index (χ2v) is 7.33. The van der Waals surface area contributed by atoms with E-state index in [1.165, 1.54) is 12.1 Å². The van der Waals surface area contributed by atoms with Crippen molar-refractivity contribution >= 4 is 41.0 Å². The Morgan fingerprint density at radius 2 is 1.94 bits per heavy atom. The van der Waals surface area contributed by atoms with Crippen molar-refractivity contribution in [3.63, 3.8) is 0 Å². The van der Waals surface area contributed by atoms with Gasteiger partial charge >= 0.3 is 11.9 Å². The SMILES string of the molecule is C=C(CC(NC(=O)c1ccc(NCC2CNc3nc(N)[nH]c(=O)c3N2)cc1)C(=O)O)C(=O)O. The lowest BCUT2D eigenvalue weighted by Gasteiger charge is -2.27. The van der Waals surface area contributed by atoms with E-state index in [1.807, 2.05) is 0 Å². The summed E-state index contributed by atoms with van der Waals surface area (Å²) in [6, 6.07) is 4.73. The van der Waals surface area contributed by atoms with Crippen molar-refractivity contribution in [1.82, 2.24) is 15.3 Å². The van der Waals surface area contributed by atoms with Crippen LogP contribution in [0.4, 0.5) is 23.1 Å². The Balaban J connectivity index is 1.56. The summed E-state index contributed by atoms with van der Waals surface area (Å²) in [5.41, 5.74) is 6.02. The first kappa shape index (κ1) is 23.1. The number of carboxylic acid groups (broad SMARTS) is 2. The van der Waals surface area contributed by atoms with E-state index in [9.17, 15) is 24.3 Å². The average Bonchev–Trinajstić information content (AvgIpc) is 2.77. The van der Waals surface area contributed by atoms with Crippen LogP contribution in [0.25, 0.3) is 0 Å². The van der Waals surface area contributed by atoms with E-state index in [2.05, 4.69) is 37.8 Å². The maximum atomic E-state index is 12.4. The second-order valence-electron chi connectivity index (χ2n) is 7.33. The van der Waals surface area contributed by atoms with Gasteiger partial charge in [0.2, 0.25) is 5.95 Å². The Kier molecular flexibility index (Phi) is 6.81. The minimum absolute atomic E-state index is 0.0234. The third kappa shape index (κ3) is 5.78. The van der Waals surface area contributed by atoms with Crippen LogP contribution < -0.4 is 32.6 Å². The van der Waals surface area contributed by atoms with E-state index in [0.29, 0.717) is 30.3 Å². The van der Waals surface area contributed by atoms with Crippen molar-refractivity contribution in [2.45, 2.75) is 18.5 Å². The number of carbonyl (C=O) groups excluding carboxylic acids is 1. The molecule has 1 aromatic heterocycles. The molecule has 2 heterocycles. The highest BCUT2D eigenvalue weighted by Crippen LogP contribution is 2.20. The smallest absolute Gasteiger partial charge is 0.331 e. The van der Waals surface area contributed by atoms with Crippen LogP contribution in [0.1, 0.15) is 16.8 Å². The number of nitrogens with zero attached hydrogens (tertiary/aromatic N) is 1. The van der Waals surface area contributed by atoms with Crippen molar-refractivity contribution < 1.29 is 24.6 Å². The third-order valence-electron chi connectivity index (χ3n) is 4.86. The number of anilines is 4. The van der Waals surface area contributed by atoms with Crippen molar-refractivity contribution in [1.29, 1.82) is 0 Å². The molecule has 174 valence electrons. The highest BCUT2D eigenvalue weighted by Gasteiger charge is 2.24. The van der Waals surface area contributed by atoms with E-state index in [-0.39, 0.29) is 28.7 Å². The van der Waals surface area contributed by atoms with E-state index < -0.39 is 30.3 Å². The fraction of sp³-hybridized carbons (Fsp3) is 0.250. The van der Waals surface area contributed by atoms with E-state index in [1.54, 1.807) is 12.1 Å². The minimum Gasteiger partial charge on any atom is -0.480 e. The van der Waals surface area contributed by atoms with Crippen molar-refractivity contribution in [3.05, 3.63) is 52.3 Å². The Hall–Kier alpha value is -4.55. The molecule has 0 saturated heterocycles. The van der Waals surface area contributed by atoms with Crippen LogP contribution in [-0.4, -0.2) is 63.2 Å². The van der Waals surface area contributed by atoms with E-state index in [0.717, 1.165) is 0 Å². The third-order valence-corrected chi connectivity index (χ3v) is 4.86. The zero-order valence-electron chi connectivity index (χ0n) is 17.3. The summed E-state index contributed by atoms with van der Waals surface area (Å²) >= 11 is 0. The number of aliphatic carboxylic acids is 2. The number of aromatic amines is 1. The number of H-pyrrole nitrogens is 1. The van der Waals surface area contributed by atoms with Crippen LogP contribution in [-0.2, 0) is 9.59 Å². The van der Waals surface area contributed by atoms with Crippen LogP contribution >= 0.6 is 0 Å². The van der Waals surface area contributed by atoms with Gasteiger partial charge in [-0.3, -0.25) is 14.6 Å². The molecule has 3 rings (SSSR count). The number of rotatable bonds is 9. The van der Waals surface area contributed by atoms with Gasteiger partial charge in [0.1, 0.15) is 11.7 Å². The molecule has 0 spiro atoms. The Morgan fingerprint density at radius 1 is 1.24 bits per heavy atom. The second kappa shape index (κ2) is 9.72. The van der Waals surface area contributed by atoms with Gasteiger partial charge in [-0.05, 0) is 24.3 Å². The normalized spacial score (nSPS) is 15.2. The number of carboxylic acids is 2. The van der Waals surface area contributed by atoms with Gasteiger partial charge in [-0.1, -0.05) is 6.58 Å². The summed E-state index contributed by atoms with van der Waals surface area (Å²) in [6.07, 6.45) is -0.424. The van der Waals surface area contributed by atoms with Crippen LogP contribution in [0.15, 0.2) is 41.2 Å². The number of nitrogens with two attached hydrogens (primary N) is 1. The Labute approximate surface area is 187 Å². The summed E-state index contributed by atoms with van der Waals surface area (Å²) in [5, 5.41) is 29.7. The van der Waals surface area contributed by atoms with Crippen LogP contribution in [0.2, 0.25) is 0 Å². The highest BCUT2D eigenvalue weighted by molar-refractivity contribution is 5.97. The number of nitrogen functional groups attached to an aromatic ring is 1. The summed E-state index contributed by atoms with van der Waals surface area (Å²) in [4.78, 5) is 53.0. The number of carbonyl (C=O) groups is 3. The first-order valence-corrected chi connectivity index (χ1v) is 9.83. The Bertz CT molecular complexity index is 1140. The number of hydrogen-bond donors (Lipinski definition) is 8. The van der Waals surface area contributed by atoms with Gasteiger partial charge in [0, 0.05) is 36.3 Å². The monoisotopic (exact) mass is 457 g/mol. The summed E-state index contributed by atoms with van der Waals surface area (Å²) in [5.74, 6) is -2.95. The highest BCUT2D eigenvalue weighted by atomic mass is 16.4. The molecule has 2 aromatic rings. The number of nitrogens with one attached hydrogen (secondary N) is 5. The van der Waals surface area contributed by atoms with Crippen molar-refractivity contribution in [3.8, 4) is 0 Å². The van der Waals surface area contributed by atoms with E-state index in [4.69, 9.17) is 10.8 Å². The number of benzene rings is 1. The van der Waals surface area contributed by atoms with E-state index >= 15 is 0 Å². The van der Waals surface area contributed by atoms with Gasteiger partial charge < -0.3 is 37.2 Å². The molecule has 1 aliphatic heterocycles. The van der Waals surface area contributed by atoms with Gasteiger partial charge in [-0.2, -0.15) is 4.98 Å². The maximum absolute atomic E-state index is 12.4. The molecule has 0 aliphatic carbocycles. The molecule has 2 atom stereocenters. The number of aromatic nitrogens is 2. The standard InChI is InChI=1S/C20H23N7O6/c1-9(18(30)31)6-13(19(32)33)25-16(28)10-2-4-11(5-3-10)22-7-12-8-23-15-14(24-12)17(29)27-20(21)26-15/h2-5,12-13,22,24H,1,6-8H2,(H,25,28)(H,30,31)(H,32,33)(H4,21,23,26,27,29). The number of hydrogen-bond acceptors (Lipinski definition) is 9. The van der Waals surface area contributed by atoms with Crippen molar-refractivity contribution in [2.24, 2.45) is 0 Å². The summed E-state index contributed by atoms with van der Waals surface area (Å²) in [7, 11) is 0. The van der Waals surface area contributed by atoms with Gasteiger partial charge in [-0.25, -0.2) is 9.59 Å². The van der Waals surface area contributed by atoms with Gasteiger partial charge in [-0.15, -0.1) is 0 Å². The van der Waals surface area contributed by atoms with Gasteiger partial charge in [0.15, 0.2) is 5.82 Å². The summed E-state index contributed by atoms with van der Waals surface area (Å²) in [6.45, 7) is 4.23. The average molecular weight is 457 g/mol. The van der Waals surface area contributed by atoms with Gasteiger partial charge in [0.25, 0.3) is 11.5 Å². The topological polar surface area (TPSA) is 212 Å². The molecule has 0 saturated carbocycles. The fourth-order valence-corrected chi connectivity index (χ4v) is 3.11. The molecule has 1 amide bonds. The minimum atomic E-state index is -1.42. The first-order chi connectivity index (χ1) is 15.6. The Morgan fingerprint density at radius 3 is 2.58 bits per heavy atom. The molecule has 1 aliphatic rings. The molecule has 13 heteroatoms. The first-order valence-electron chi connectivity index (χ1n) is 9.83. The largest absolute Gasteiger partial charge is 0.480 e. The predicted molar refractivity (Wildman–Crippen MR) is 120 cm³/mol. The molecule has 9 N–H and O–H groups in total. The van der Waals surface area contributed by atoms with Crippen LogP contribution in [0, 0.1) is 0 Å². The van der Waals surface area contributed by atoms with Crippen molar-refractivity contribution in [2.75, 3.05) is 34.8 Å². The molecule has 0 fully saturated rings. The lowest BCUT2D eigenvalue weighted by Crippen LogP contribution is -2.41.